The molecule has 4 rings (SSSR count). The minimum Gasteiger partial charge on any atom is -0.478 e. The van der Waals surface area contributed by atoms with Gasteiger partial charge in [0.25, 0.3) is 5.91 Å². The van der Waals surface area contributed by atoms with Crippen LogP contribution in [0.1, 0.15) is 61.6 Å². The van der Waals surface area contributed by atoms with Gasteiger partial charge in [0.2, 0.25) is 0 Å². The average molecular weight is 431 g/mol. The van der Waals surface area contributed by atoms with Gasteiger partial charge in [-0.05, 0) is 63.4 Å². The fraction of sp³-hybridized carbons (Fsp3) is 0.500. The van der Waals surface area contributed by atoms with Crippen LogP contribution in [-0.2, 0) is 22.4 Å². The van der Waals surface area contributed by atoms with Crippen LogP contribution in [0.3, 0.4) is 0 Å². The second-order valence-electron chi connectivity index (χ2n) is 7.94. The van der Waals surface area contributed by atoms with Crippen LogP contribution < -0.4 is 5.32 Å². The van der Waals surface area contributed by atoms with Crippen molar-refractivity contribution in [1.29, 1.82) is 0 Å². The molecular weight excluding hydrogens is 404 g/mol. The van der Waals surface area contributed by atoms with Crippen molar-refractivity contribution in [2.75, 3.05) is 5.32 Å². The number of anilines is 1. The highest BCUT2D eigenvalue weighted by Gasteiger charge is 2.29. The Morgan fingerprint density at radius 1 is 1.24 bits per heavy atom. The Labute approximate surface area is 178 Å². The number of fused-ring (bicyclic) bond motifs is 1. The van der Waals surface area contributed by atoms with Crippen LogP contribution in [0.4, 0.5) is 5.00 Å². The zero-order chi connectivity index (χ0) is 20.5. The van der Waals surface area contributed by atoms with Crippen molar-refractivity contribution in [3.05, 3.63) is 32.7 Å². The van der Waals surface area contributed by atoms with Gasteiger partial charge in [-0.3, -0.25) is 4.79 Å². The number of aliphatic carboxylic acids is 1. The molecule has 0 aliphatic heterocycles. The van der Waals surface area contributed by atoms with Gasteiger partial charge < -0.3 is 10.4 Å². The molecule has 154 valence electrons. The van der Waals surface area contributed by atoms with Crippen LogP contribution in [0.15, 0.2) is 16.5 Å². The first-order valence-corrected chi connectivity index (χ1v) is 12.0. The molecular formula is C22H26N2O3S2. The van der Waals surface area contributed by atoms with Crippen LogP contribution in [-0.4, -0.2) is 22.0 Å². The minimum absolute atomic E-state index is 0.262. The van der Waals surface area contributed by atoms with Gasteiger partial charge in [-0.1, -0.05) is 13.3 Å². The molecule has 2 N–H and O–H groups in total. The fourth-order valence-electron chi connectivity index (χ4n) is 4.36. The summed E-state index contributed by atoms with van der Waals surface area (Å²) >= 11 is 3.26. The first-order valence-electron chi connectivity index (χ1n) is 10.3. The molecule has 2 aliphatic carbocycles. The predicted octanol–water partition coefficient (Wildman–Crippen LogP) is 5.59. The summed E-state index contributed by atoms with van der Waals surface area (Å²) in [4.78, 5) is 30.7. The number of carboxylic acids is 1. The number of aryl methyl sites for hydroxylation is 1. The number of thiazole rings is 1. The van der Waals surface area contributed by atoms with E-state index in [4.69, 9.17) is 4.98 Å². The lowest BCUT2D eigenvalue weighted by Gasteiger charge is -2.21. The molecule has 2 aromatic heterocycles. The van der Waals surface area contributed by atoms with Gasteiger partial charge in [0.1, 0.15) is 10.0 Å². The number of carboxylic acid groups (broad SMARTS) is 1. The van der Waals surface area contributed by atoms with E-state index < -0.39 is 5.97 Å². The van der Waals surface area contributed by atoms with Gasteiger partial charge in [0.05, 0.1) is 0 Å². The van der Waals surface area contributed by atoms with Crippen LogP contribution in [0, 0.1) is 12.8 Å². The van der Waals surface area contributed by atoms with Gasteiger partial charge in [0, 0.05) is 32.7 Å². The number of carbonyl (C=O) groups is 2. The zero-order valence-electron chi connectivity index (χ0n) is 16.8. The van der Waals surface area contributed by atoms with Crippen LogP contribution >= 0.6 is 22.7 Å². The van der Waals surface area contributed by atoms with Gasteiger partial charge in [-0.2, -0.15) is 0 Å². The lowest BCUT2D eigenvalue weighted by atomic mass is 9.86. The summed E-state index contributed by atoms with van der Waals surface area (Å²) in [6, 6.07) is 0. The van der Waals surface area contributed by atoms with Gasteiger partial charge in [-0.15, -0.1) is 22.7 Å². The third kappa shape index (κ3) is 4.03. The Morgan fingerprint density at radius 2 is 2.00 bits per heavy atom. The summed E-state index contributed by atoms with van der Waals surface area (Å²) in [5, 5.41) is 16.4. The zero-order valence-corrected chi connectivity index (χ0v) is 18.5. The number of aromatic nitrogens is 1. The summed E-state index contributed by atoms with van der Waals surface area (Å²) in [6.45, 7) is 4.22. The summed E-state index contributed by atoms with van der Waals surface area (Å²) in [7, 11) is 0. The van der Waals surface area contributed by atoms with Gasteiger partial charge in [0.15, 0.2) is 0 Å². The Hall–Kier alpha value is -1.99. The topological polar surface area (TPSA) is 79.3 Å². The van der Waals surface area contributed by atoms with Crippen molar-refractivity contribution >= 4 is 39.6 Å². The lowest BCUT2D eigenvalue weighted by Crippen LogP contribution is -2.21. The number of amides is 1. The quantitative estimate of drug-likeness (QED) is 0.648. The molecule has 5 nitrogen and oxygen atoms in total. The molecule has 0 radical (unpaired) electrons. The first kappa shape index (κ1) is 20.3. The molecule has 0 saturated heterocycles. The summed E-state index contributed by atoms with van der Waals surface area (Å²) in [5.74, 6) is -0.542. The van der Waals surface area contributed by atoms with E-state index in [1.807, 2.05) is 12.3 Å². The number of hydrogen-bond donors (Lipinski definition) is 2. The molecule has 0 fully saturated rings. The molecule has 29 heavy (non-hydrogen) atoms. The Bertz CT molecular complexity index is 986. The number of rotatable bonds is 5. The van der Waals surface area contributed by atoms with Crippen LogP contribution in [0.2, 0.25) is 0 Å². The maximum absolute atomic E-state index is 13.1. The van der Waals surface area contributed by atoms with Crippen molar-refractivity contribution in [2.24, 2.45) is 5.92 Å². The fourth-order valence-corrected chi connectivity index (χ4v) is 6.65. The number of nitrogens with zero attached hydrogens (tertiary/aromatic N) is 1. The van der Waals surface area contributed by atoms with E-state index in [1.54, 1.807) is 22.7 Å². The highest BCUT2D eigenvalue weighted by molar-refractivity contribution is 7.18. The van der Waals surface area contributed by atoms with Crippen molar-refractivity contribution in [3.63, 3.8) is 0 Å². The summed E-state index contributed by atoms with van der Waals surface area (Å²) in [6.07, 6.45) is 7.08. The number of hydrogen-bond acceptors (Lipinski definition) is 5. The molecule has 0 spiro atoms. The molecule has 7 heteroatoms. The van der Waals surface area contributed by atoms with Crippen molar-refractivity contribution in [2.45, 2.75) is 65.2 Å². The minimum atomic E-state index is -0.970. The van der Waals surface area contributed by atoms with Gasteiger partial charge in [-0.25, -0.2) is 9.78 Å². The predicted molar refractivity (Wildman–Crippen MR) is 118 cm³/mol. The molecule has 1 unspecified atom stereocenters. The maximum atomic E-state index is 13.1. The van der Waals surface area contributed by atoms with E-state index in [9.17, 15) is 14.7 Å². The highest BCUT2D eigenvalue weighted by atomic mass is 32.1. The van der Waals surface area contributed by atoms with Crippen molar-refractivity contribution < 1.29 is 14.7 Å². The van der Waals surface area contributed by atoms with Crippen LogP contribution in [0.25, 0.3) is 10.6 Å². The highest BCUT2D eigenvalue weighted by Crippen LogP contribution is 2.46. The van der Waals surface area contributed by atoms with Crippen molar-refractivity contribution in [3.8, 4) is 10.6 Å². The average Bonchev–Trinajstić information content (AvgIpc) is 3.29. The third-order valence-corrected chi connectivity index (χ3v) is 8.15. The third-order valence-electron chi connectivity index (χ3n) is 6.00. The number of nitrogens with one attached hydrogen (secondary N) is 1. The second-order valence-corrected chi connectivity index (χ2v) is 9.91. The normalized spacial score (nSPS) is 19.2. The summed E-state index contributed by atoms with van der Waals surface area (Å²) < 4.78 is 0. The maximum Gasteiger partial charge on any atom is 0.332 e. The molecule has 1 amide bonds. The number of thiophene rings is 1. The molecule has 1 atom stereocenters. The molecule has 0 bridgehead atoms. The lowest BCUT2D eigenvalue weighted by molar-refractivity contribution is -0.133. The van der Waals surface area contributed by atoms with Gasteiger partial charge >= 0.3 is 5.97 Å². The smallest absolute Gasteiger partial charge is 0.332 e. The van der Waals surface area contributed by atoms with Crippen molar-refractivity contribution in [1.82, 2.24) is 4.98 Å². The molecule has 2 aromatic rings. The van der Waals surface area contributed by atoms with E-state index in [2.05, 4.69) is 12.2 Å². The van der Waals surface area contributed by atoms with E-state index >= 15 is 0 Å². The molecule has 2 aliphatic rings. The largest absolute Gasteiger partial charge is 0.478 e. The van der Waals surface area contributed by atoms with E-state index in [0.29, 0.717) is 24.3 Å². The standard InChI is InChI=1S/C22H26N2O3S2/c1-3-13-8-9-16-17(10-13)29-21(18(16)20-23-12(2)11-28-20)24-19(25)14-6-4-5-7-15(14)22(26)27/h11,13H,3-10H2,1-2H3,(H,24,25)(H,26,27). The van der Waals surface area contributed by atoms with E-state index in [-0.39, 0.29) is 11.5 Å². The Kier molecular flexibility index (Phi) is 5.88. The number of carbonyl (C=O) groups excluding carboxylic acids is 1. The first-order chi connectivity index (χ1) is 14.0. The Morgan fingerprint density at radius 3 is 2.66 bits per heavy atom. The monoisotopic (exact) mass is 430 g/mol. The summed E-state index contributed by atoms with van der Waals surface area (Å²) in [5.41, 5.74) is 4.06. The molecule has 0 saturated carbocycles. The van der Waals surface area contributed by atoms with E-state index in [1.165, 1.54) is 23.3 Å². The SMILES string of the molecule is CCC1CCc2c(sc(NC(=O)C3=C(C(=O)O)CCCC3)c2-c2nc(C)cs2)C1. The second kappa shape index (κ2) is 8.40. The molecule has 0 aromatic carbocycles. The van der Waals surface area contributed by atoms with E-state index in [0.717, 1.165) is 46.9 Å². The molecule has 2 heterocycles. The Balaban J connectivity index is 1.72. The van der Waals surface area contributed by atoms with Crippen LogP contribution in [0.5, 0.6) is 0 Å².